The van der Waals surface area contributed by atoms with Gasteiger partial charge in [0, 0.05) is 18.5 Å². The number of carbonyl (C=O) groups excluding carboxylic acids is 1. The van der Waals surface area contributed by atoms with Crippen molar-refractivity contribution in [1.82, 2.24) is 10.2 Å². The van der Waals surface area contributed by atoms with Crippen LogP contribution in [0.5, 0.6) is 0 Å². The molecular formula is C20H20FN3O2. The number of rotatable bonds is 6. The normalized spacial score (nSPS) is 10.9. The van der Waals surface area contributed by atoms with Gasteiger partial charge in [-0.1, -0.05) is 44.2 Å². The summed E-state index contributed by atoms with van der Waals surface area (Å²) < 4.78 is 19.2. The fourth-order valence-electron chi connectivity index (χ4n) is 2.65. The third-order valence-corrected chi connectivity index (χ3v) is 3.99. The van der Waals surface area contributed by atoms with Gasteiger partial charge in [0.05, 0.1) is 5.56 Å². The van der Waals surface area contributed by atoms with Crippen molar-refractivity contribution in [2.24, 2.45) is 0 Å². The van der Waals surface area contributed by atoms with Gasteiger partial charge in [0.25, 0.3) is 5.89 Å². The highest BCUT2D eigenvalue weighted by atomic mass is 19.1. The van der Waals surface area contributed by atoms with E-state index in [0.717, 1.165) is 11.3 Å². The fourth-order valence-corrected chi connectivity index (χ4v) is 2.65. The first-order chi connectivity index (χ1) is 12.5. The molecule has 3 aromatic rings. The van der Waals surface area contributed by atoms with Crippen molar-refractivity contribution in [3.05, 3.63) is 65.8 Å². The van der Waals surface area contributed by atoms with E-state index in [-0.39, 0.29) is 30.2 Å². The summed E-state index contributed by atoms with van der Waals surface area (Å²) in [6.45, 7) is 4.15. The first-order valence-electron chi connectivity index (χ1n) is 8.50. The number of amides is 1. The van der Waals surface area contributed by atoms with Gasteiger partial charge >= 0.3 is 0 Å². The SMILES string of the molecule is CC(C)c1ccccc1NC(=O)CCc1nnc(-c2ccccc2F)o1. The number of aryl methyl sites for hydroxylation is 1. The highest BCUT2D eigenvalue weighted by molar-refractivity contribution is 5.91. The molecular weight excluding hydrogens is 333 g/mol. The number of benzene rings is 2. The molecule has 0 saturated heterocycles. The molecule has 0 bridgehead atoms. The van der Waals surface area contributed by atoms with Crippen LogP contribution in [0.4, 0.5) is 10.1 Å². The zero-order chi connectivity index (χ0) is 18.5. The summed E-state index contributed by atoms with van der Waals surface area (Å²) in [5.74, 6) is 0.166. The Hall–Kier alpha value is -3.02. The Kier molecular flexibility index (Phi) is 5.41. The molecule has 1 amide bonds. The maximum atomic E-state index is 13.8. The van der Waals surface area contributed by atoms with Crippen LogP contribution in [0, 0.1) is 5.82 Å². The Bertz CT molecular complexity index is 905. The standard InChI is InChI=1S/C20H20FN3O2/c1-13(2)14-7-4-6-10-17(14)22-18(25)11-12-19-23-24-20(26-19)15-8-3-5-9-16(15)21/h3-10,13H,11-12H2,1-2H3,(H,22,25). The zero-order valence-electron chi connectivity index (χ0n) is 14.7. The Balaban J connectivity index is 1.62. The fraction of sp³-hybridized carbons (Fsp3) is 0.250. The molecule has 0 aliphatic rings. The highest BCUT2D eigenvalue weighted by Crippen LogP contribution is 2.24. The predicted octanol–water partition coefficient (Wildman–Crippen LogP) is 4.57. The van der Waals surface area contributed by atoms with Gasteiger partial charge in [0.2, 0.25) is 11.8 Å². The van der Waals surface area contributed by atoms with Gasteiger partial charge in [-0.2, -0.15) is 0 Å². The minimum Gasteiger partial charge on any atom is -0.421 e. The second-order valence-electron chi connectivity index (χ2n) is 6.27. The summed E-state index contributed by atoms with van der Waals surface area (Å²) in [7, 11) is 0. The molecule has 134 valence electrons. The lowest BCUT2D eigenvalue weighted by atomic mass is 10.0. The molecule has 2 aromatic carbocycles. The van der Waals surface area contributed by atoms with E-state index >= 15 is 0 Å². The van der Waals surface area contributed by atoms with Crippen molar-refractivity contribution in [3.8, 4) is 11.5 Å². The molecule has 1 aromatic heterocycles. The molecule has 5 nitrogen and oxygen atoms in total. The minimum absolute atomic E-state index is 0.115. The van der Waals surface area contributed by atoms with Gasteiger partial charge in [-0.05, 0) is 29.7 Å². The molecule has 0 fully saturated rings. The molecule has 0 aliphatic heterocycles. The van der Waals surface area contributed by atoms with E-state index in [2.05, 4.69) is 29.4 Å². The van der Waals surface area contributed by atoms with Crippen LogP contribution in [0.15, 0.2) is 52.9 Å². The summed E-state index contributed by atoms with van der Waals surface area (Å²) >= 11 is 0. The van der Waals surface area contributed by atoms with Gasteiger partial charge in [0.1, 0.15) is 5.82 Å². The van der Waals surface area contributed by atoms with E-state index in [4.69, 9.17) is 4.42 Å². The molecule has 3 rings (SSSR count). The summed E-state index contributed by atoms with van der Waals surface area (Å²) in [5.41, 5.74) is 2.15. The van der Waals surface area contributed by atoms with E-state index in [1.165, 1.54) is 6.07 Å². The summed E-state index contributed by atoms with van der Waals surface area (Å²) in [5, 5.41) is 10.7. The number of nitrogens with one attached hydrogen (secondary N) is 1. The topological polar surface area (TPSA) is 68.0 Å². The van der Waals surface area contributed by atoms with Crippen LogP contribution in [-0.2, 0) is 11.2 Å². The molecule has 0 radical (unpaired) electrons. The van der Waals surface area contributed by atoms with Crippen LogP contribution in [0.1, 0.15) is 37.6 Å². The lowest BCUT2D eigenvalue weighted by Gasteiger charge is -2.13. The molecule has 0 spiro atoms. The smallest absolute Gasteiger partial charge is 0.250 e. The molecule has 0 aliphatic carbocycles. The number of nitrogens with zero attached hydrogens (tertiary/aromatic N) is 2. The molecule has 26 heavy (non-hydrogen) atoms. The van der Waals surface area contributed by atoms with Crippen molar-refractivity contribution in [1.29, 1.82) is 0 Å². The van der Waals surface area contributed by atoms with Crippen molar-refractivity contribution in [2.45, 2.75) is 32.6 Å². The summed E-state index contributed by atoms with van der Waals surface area (Å²) in [6.07, 6.45) is 0.489. The Morgan fingerprint density at radius 3 is 2.62 bits per heavy atom. The van der Waals surface area contributed by atoms with E-state index in [1.807, 2.05) is 24.3 Å². The monoisotopic (exact) mass is 353 g/mol. The van der Waals surface area contributed by atoms with Crippen molar-refractivity contribution < 1.29 is 13.6 Å². The second kappa shape index (κ2) is 7.91. The van der Waals surface area contributed by atoms with E-state index < -0.39 is 5.82 Å². The lowest BCUT2D eigenvalue weighted by molar-refractivity contribution is -0.116. The third kappa shape index (κ3) is 4.14. The minimum atomic E-state index is -0.425. The summed E-state index contributed by atoms with van der Waals surface area (Å²) in [4.78, 5) is 12.2. The van der Waals surface area contributed by atoms with Crippen LogP contribution in [0.2, 0.25) is 0 Å². The van der Waals surface area contributed by atoms with Gasteiger partial charge in [-0.25, -0.2) is 4.39 Å². The van der Waals surface area contributed by atoms with Crippen molar-refractivity contribution >= 4 is 11.6 Å². The van der Waals surface area contributed by atoms with Gasteiger partial charge < -0.3 is 9.73 Å². The maximum absolute atomic E-state index is 13.8. The maximum Gasteiger partial charge on any atom is 0.250 e. The van der Waals surface area contributed by atoms with Crippen LogP contribution in [0.25, 0.3) is 11.5 Å². The molecule has 0 unspecified atom stereocenters. The van der Waals surface area contributed by atoms with Gasteiger partial charge in [-0.3, -0.25) is 4.79 Å². The largest absolute Gasteiger partial charge is 0.421 e. The van der Waals surface area contributed by atoms with Crippen molar-refractivity contribution in [2.75, 3.05) is 5.32 Å². The number of aromatic nitrogens is 2. The first kappa shape index (κ1) is 17.8. The van der Waals surface area contributed by atoms with E-state index in [9.17, 15) is 9.18 Å². The van der Waals surface area contributed by atoms with Crippen LogP contribution < -0.4 is 5.32 Å². The molecule has 0 atom stereocenters. The summed E-state index contributed by atoms with van der Waals surface area (Å²) in [6, 6.07) is 13.9. The average Bonchev–Trinajstić information content (AvgIpc) is 3.09. The number of hydrogen-bond acceptors (Lipinski definition) is 4. The lowest BCUT2D eigenvalue weighted by Crippen LogP contribution is -2.14. The Morgan fingerprint density at radius 2 is 1.85 bits per heavy atom. The third-order valence-electron chi connectivity index (χ3n) is 3.99. The predicted molar refractivity (Wildman–Crippen MR) is 97.2 cm³/mol. The zero-order valence-corrected chi connectivity index (χ0v) is 14.7. The average molecular weight is 353 g/mol. The molecule has 1 N–H and O–H groups in total. The second-order valence-corrected chi connectivity index (χ2v) is 6.27. The Labute approximate surface area is 151 Å². The molecule has 0 saturated carbocycles. The van der Waals surface area contributed by atoms with Crippen molar-refractivity contribution in [3.63, 3.8) is 0 Å². The first-order valence-corrected chi connectivity index (χ1v) is 8.50. The van der Waals surface area contributed by atoms with Gasteiger partial charge in [0.15, 0.2) is 0 Å². The molecule has 6 heteroatoms. The number of anilines is 1. The highest BCUT2D eigenvalue weighted by Gasteiger charge is 2.14. The van der Waals surface area contributed by atoms with Crippen LogP contribution in [0.3, 0.4) is 0 Å². The van der Waals surface area contributed by atoms with E-state index in [0.29, 0.717) is 11.8 Å². The Morgan fingerprint density at radius 1 is 1.12 bits per heavy atom. The number of hydrogen-bond donors (Lipinski definition) is 1. The molecule has 1 heterocycles. The number of para-hydroxylation sites is 1. The van der Waals surface area contributed by atoms with Crippen LogP contribution >= 0.6 is 0 Å². The van der Waals surface area contributed by atoms with Gasteiger partial charge in [-0.15, -0.1) is 10.2 Å². The number of carbonyl (C=O) groups is 1. The van der Waals surface area contributed by atoms with E-state index in [1.54, 1.807) is 18.2 Å². The number of halogens is 1. The van der Waals surface area contributed by atoms with Crippen LogP contribution in [-0.4, -0.2) is 16.1 Å². The quantitative estimate of drug-likeness (QED) is 0.705.